The molecule has 3 aromatic carbocycles. The van der Waals surface area contributed by atoms with Crippen molar-refractivity contribution in [3.63, 3.8) is 0 Å². The van der Waals surface area contributed by atoms with E-state index >= 15 is 0 Å². The molecule has 0 spiro atoms. The third-order valence-corrected chi connectivity index (χ3v) is 8.68. The average molecular weight is 601 g/mol. The third kappa shape index (κ3) is 5.16. The molecule has 6 rings (SSSR count). The smallest absolute Gasteiger partial charge is 0.301 e. The summed E-state index contributed by atoms with van der Waals surface area (Å²) in [5.41, 5.74) is 2.55. The third-order valence-electron chi connectivity index (χ3n) is 7.66. The lowest BCUT2D eigenvalue weighted by atomic mass is 9.94. The number of carbonyl (C=O) groups is 2. The monoisotopic (exact) mass is 600 g/mol. The highest BCUT2D eigenvalue weighted by Crippen LogP contribution is 2.46. The molecular weight excluding hydrogens is 568 g/mol. The van der Waals surface area contributed by atoms with Gasteiger partial charge in [-0.1, -0.05) is 30.7 Å². The molecular formula is C33H32N2O7S. The van der Waals surface area contributed by atoms with Crippen LogP contribution in [0.1, 0.15) is 49.4 Å². The topological polar surface area (TPSA) is 107 Å². The second-order valence-electron chi connectivity index (χ2n) is 10.6. The number of amides is 1. The Kier molecular flexibility index (Phi) is 7.70. The van der Waals surface area contributed by atoms with Gasteiger partial charge >= 0.3 is 5.91 Å². The number of thiazole rings is 1. The molecule has 4 aromatic rings. The van der Waals surface area contributed by atoms with Crippen molar-refractivity contribution in [3.05, 3.63) is 76.9 Å². The van der Waals surface area contributed by atoms with Gasteiger partial charge in [0.2, 0.25) is 0 Å². The zero-order chi connectivity index (χ0) is 30.2. The zero-order valence-corrected chi connectivity index (χ0v) is 25.2. The van der Waals surface area contributed by atoms with E-state index < -0.39 is 17.7 Å². The van der Waals surface area contributed by atoms with Crippen LogP contribution in [0.3, 0.4) is 0 Å². The van der Waals surface area contributed by atoms with Gasteiger partial charge in [-0.15, -0.1) is 0 Å². The summed E-state index contributed by atoms with van der Waals surface area (Å²) in [4.78, 5) is 33.6. The number of rotatable bonds is 9. The minimum atomic E-state index is -0.968. The minimum Gasteiger partial charge on any atom is -0.507 e. The van der Waals surface area contributed by atoms with Gasteiger partial charge in [0.1, 0.15) is 23.4 Å². The second kappa shape index (κ2) is 11.6. The summed E-state index contributed by atoms with van der Waals surface area (Å²) in [6.07, 6.45) is 2.57. The molecule has 2 aliphatic heterocycles. The summed E-state index contributed by atoms with van der Waals surface area (Å²) < 4.78 is 23.6. The van der Waals surface area contributed by atoms with Crippen molar-refractivity contribution in [1.29, 1.82) is 0 Å². The number of carbonyl (C=O) groups excluding carboxylic acids is 2. The summed E-state index contributed by atoms with van der Waals surface area (Å²) >= 11 is 1.27. The van der Waals surface area contributed by atoms with Crippen LogP contribution in [0, 0.1) is 0 Å². The molecule has 2 unspecified atom stereocenters. The van der Waals surface area contributed by atoms with Crippen LogP contribution < -0.4 is 23.8 Å². The van der Waals surface area contributed by atoms with Crippen LogP contribution in [-0.2, 0) is 16.0 Å². The molecule has 1 amide bonds. The van der Waals surface area contributed by atoms with Crippen LogP contribution in [0.5, 0.6) is 23.0 Å². The average Bonchev–Trinajstić information content (AvgIpc) is 3.68. The quantitative estimate of drug-likeness (QED) is 0.101. The number of aliphatic hydroxyl groups excluding tert-OH is 1. The maximum Gasteiger partial charge on any atom is 0.301 e. The molecule has 2 atom stereocenters. The van der Waals surface area contributed by atoms with Gasteiger partial charge in [0.15, 0.2) is 16.6 Å². The largest absolute Gasteiger partial charge is 0.507 e. The molecule has 0 saturated carbocycles. The number of ketones is 1. The highest BCUT2D eigenvalue weighted by molar-refractivity contribution is 7.22. The molecule has 9 nitrogen and oxygen atoms in total. The van der Waals surface area contributed by atoms with Gasteiger partial charge < -0.3 is 24.1 Å². The lowest BCUT2D eigenvalue weighted by Crippen LogP contribution is -2.29. The molecule has 2 aliphatic rings. The van der Waals surface area contributed by atoms with E-state index in [0.717, 1.165) is 28.9 Å². The first kappa shape index (κ1) is 28.5. The lowest BCUT2D eigenvalue weighted by molar-refractivity contribution is -0.132. The molecule has 0 radical (unpaired) electrons. The second-order valence-corrected chi connectivity index (χ2v) is 11.6. The standard InChI is InChI=1S/C33H32N2O7S/c1-5-6-13-41-25-12-7-19(16-26(25)40-4)29-28(30(36)20-8-11-24-21(15-20)14-18(2)42-24)31(37)32(38)35(29)33-34-23-10-9-22(39-3)17-27(23)43-33/h7-12,15-18,29,36H,5-6,13-14H2,1-4H3/b30-28+. The van der Waals surface area contributed by atoms with Crippen molar-refractivity contribution in [2.75, 3.05) is 25.7 Å². The SMILES string of the molecule is CCCCOc1ccc(C2/C(=C(\O)c3ccc4c(c3)CC(C)O4)C(=O)C(=O)N2c2nc3ccc(OC)cc3s2)cc1OC. The van der Waals surface area contributed by atoms with Crippen LogP contribution >= 0.6 is 11.3 Å². The van der Waals surface area contributed by atoms with Crippen molar-refractivity contribution in [2.24, 2.45) is 0 Å². The maximum absolute atomic E-state index is 13.8. The Morgan fingerprint density at radius 1 is 1.07 bits per heavy atom. The first-order chi connectivity index (χ1) is 20.8. The van der Waals surface area contributed by atoms with Gasteiger partial charge in [-0.05, 0) is 73.0 Å². The number of Topliss-reactive ketones (excluding diaryl/α,β-unsaturated/α-hetero) is 1. The molecule has 3 heterocycles. The molecule has 222 valence electrons. The number of hydrogen-bond donors (Lipinski definition) is 1. The van der Waals surface area contributed by atoms with Crippen LogP contribution in [0.2, 0.25) is 0 Å². The van der Waals surface area contributed by atoms with Gasteiger partial charge in [-0.2, -0.15) is 0 Å². The molecule has 1 saturated heterocycles. The molecule has 0 bridgehead atoms. The van der Waals surface area contributed by atoms with Gasteiger partial charge in [-0.3, -0.25) is 14.5 Å². The number of aromatic nitrogens is 1. The van der Waals surface area contributed by atoms with Crippen LogP contribution in [0.25, 0.3) is 16.0 Å². The van der Waals surface area contributed by atoms with Gasteiger partial charge in [-0.25, -0.2) is 4.98 Å². The van der Waals surface area contributed by atoms with Crippen molar-refractivity contribution in [3.8, 4) is 23.0 Å². The molecule has 10 heteroatoms. The van der Waals surface area contributed by atoms with Crippen molar-refractivity contribution >= 4 is 44.1 Å². The van der Waals surface area contributed by atoms with E-state index in [4.69, 9.17) is 23.9 Å². The number of benzene rings is 3. The minimum absolute atomic E-state index is 0.0150. The highest BCUT2D eigenvalue weighted by Gasteiger charge is 2.48. The van der Waals surface area contributed by atoms with E-state index in [0.29, 0.717) is 52.1 Å². The number of methoxy groups -OCH3 is 2. The summed E-state index contributed by atoms with van der Waals surface area (Å²) in [5, 5.41) is 12.0. The Bertz CT molecular complexity index is 1760. The number of fused-ring (bicyclic) bond motifs is 2. The summed E-state index contributed by atoms with van der Waals surface area (Å²) in [6, 6.07) is 15.1. The fraction of sp³-hybridized carbons (Fsp3) is 0.303. The van der Waals surface area contributed by atoms with E-state index in [2.05, 4.69) is 6.92 Å². The molecule has 0 aliphatic carbocycles. The van der Waals surface area contributed by atoms with Gasteiger partial charge in [0.05, 0.1) is 42.7 Å². The van der Waals surface area contributed by atoms with Crippen molar-refractivity contribution in [2.45, 2.75) is 45.3 Å². The number of ether oxygens (including phenoxy) is 4. The summed E-state index contributed by atoms with van der Waals surface area (Å²) in [5.74, 6) is 0.560. The molecule has 1 fully saturated rings. The van der Waals surface area contributed by atoms with Crippen LogP contribution in [0.4, 0.5) is 5.13 Å². The number of anilines is 1. The Morgan fingerprint density at radius 2 is 1.91 bits per heavy atom. The molecule has 1 N–H and O–H groups in total. The van der Waals surface area contributed by atoms with Crippen molar-refractivity contribution in [1.82, 2.24) is 4.98 Å². The first-order valence-corrected chi connectivity index (χ1v) is 15.0. The number of hydrogen-bond acceptors (Lipinski definition) is 9. The van der Waals surface area contributed by atoms with Crippen molar-refractivity contribution < 1.29 is 33.6 Å². The molecule has 1 aromatic heterocycles. The summed E-state index contributed by atoms with van der Waals surface area (Å²) in [7, 11) is 3.12. The predicted octanol–water partition coefficient (Wildman–Crippen LogP) is 6.44. The van der Waals surface area contributed by atoms with E-state index in [1.54, 1.807) is 49.6 Å². The Balaban J connectivity index is 1.50. The lowest BCUT2D eigenvalue weighted by Gasteiger charge is -2.24. The summed E-state index contributed by atoms with van der Waals surface area (Å²) in [6.45, 7) is 4.58. The Hall–Kier alpha value is -4.57. The number of nitrogens with zero attached hydrogens (tertiary/aromatic N) is 2. The van der Waals surface area contributed by atoms with E-state index in [1.807, 2.05) is 19.1 Å². The van der Waals surface area contributed by atoms with E-state index in [9.17, 15) is 14.7 Å². The zero-order valence-electron chi connectivity index (χ0n) is 24.4. The maximum atomic E-state index is 13.8. The Labute approximate surface area is 253 Å². The van der Waals surface area contributed by atoms with Gasteiger partial charge in [0.25, 0.3) is 5.78 Å². The predicted molar refractivity (Wildman–Crippen MR) is 165 cm³/mol. The van der Waals surface area contributed by atoms with E-state index in [-0.39, 0.29) is 17.4 Å². The van der Waals surface area contributed by atoms with E-state index in [1.165, 1.54) is 23.3 Å². The van der Waals surface area contributed by atoms with Crippen LogP contribution in [-0.4, -0.2) is 48.7 Å². The van der Waals surface area contributed by atoms with Crippen LogP contribution in [0.15, 0.2) is 60.2 Å². The Morgan fingerprint density at radius 3 is 2.67 bits per heavy atom. The number of unbranched alkanes of at least 4 members (excludes halogenated alkanes) is 1. The number of aliphatic hydroxyl groups is 1. The fourth-order valence-electron chi connectivity index (χ4n) is 5.49. The fourth-order valence-corrected chi connectivity index (χ4v) is 6.51. The normalized spacial score (nSPS) is 19.0. The van der Waals surface area contributed by atoms with Gasteiger partial charge in [0, 0.05) is 12.0 Å². The highest BCUT2D eigenvalue weighted by atomic mass is 32.1. The molecule has 43 heavy (non-hydrogen) atoms. The first-order valence-electron chi connectivity index (χ1n) is 14.2.